The second-order valence-corrected chi connectivity index (χ2v) is 4.14. The Morgan fingerprint density at radius 1 is 1.53 bits per heavy atom. The molecule has 0 saturated heterocycles. The normalized spacial score (nSPS) is 17.2. The van der Waals surface area contributed by atoms with Gasteiger partial charge in [0.1, 0.15) is 5.75 Å². The molecule has 1 aromatic rings. The van der Waals surface area contributed by atoms with Gasteiger partial charge in [-0.05, 0) is 30.5 Å². The first kappa shape index (κ1) is 10.3. The molecular weight excluding hydrogens is 216 g/mol. The van der Waals surface area contributed by atoms with Crippen LogP contribution in [0.1, 0.15) is 18.4 Å². The van der Waals surface area contributed by atoms with E-state index in [2.05, 4.69) is 0 Å². The number of hydrogen-bond donors (Lipinski definition) is 1. The lowest BCUT2D eigenvalue weighted by Gasteiger charge is -2.12. The van der Waals surface area contributed by atoms with Crippen LogP contribution in [0.4, 0.5) is 0 Å². The highest BCUT2D eigenvalue weighted by Gasteiger charge is 2.52. The van der Waals surface area contributed by atoms with Gasteiger partial charge in [-0.2, -0.15) is 0 Å². The molecule has 0 heterocycles. The predicted molar refractivity (Wildman–Crippen MR) is 56.6 cm³/mol. The van der Waals surface area contributed by atoms with Crippen LogP contribution in [-0.2, 0) is 10.2 Å². The van der Waals surface area contributed by atoms with E-state index in [1.165, 1.54) is 0 Å². The Kier molecular flexibility index (Phi) is 2.35. The maximum atomic E-state index is 11.1. The van der Waals surface area contributed by atoms with Crippen LogP contribution in [-0.4, -0.2) is 18.2 Å². The Bertz CT molecular complexity index is 410. The molecule has 0 aromatic heterocycles. The summed E-state index contributed by atoms with van der Waals surface area (Å²) >= 11 is 6.03. The Morgan fingerprint density at radius 3 is 2.60 bits per heavy atom. The number of carboxylic acid groups (broad SMARTS) is 1. The van der Waals surface area contributed by atoms with Gasteiger partial charge in [0, 0.05) is 5.02 Å². The molecule has 15 heavy (non-hydrogen) atoms. The molecule has 4 heteroatoms. The number of methoxy groups -OCH3 is 1. The summed E-state index contributed by atoms with van der Waals surface area (Å²) in [7, 11) is 1.55. The first-order chi connectivity index (χ1) is 7.10. The van der Waals surface area contributed by atoms with Crippen molar-refractivity contribution in [1.82, 2.24) is 0 Å². The molecule has 1 aromatic carbocycles. The van der Waals surface area contributed by atoms with Crippen LogP contribution in [0, 0.1) is 0 Å². The van der Waals surface area contributed by atoms with Gasteiger partial charge < -0.3 is 9.84 Å². The highest BCUT2D eigenvalue weighted by Crippen LogP contribution is 2.51. The summed E-state index contributed by atoms with van der Waals surface area (Å²) in [6.07, 6.45) is 1.32. The zero-order valence-corrected chi connectivity index (χ0v) is 9.04. The molecule has 80 valence electrons. The van der Waals surface area contributed by atoms with Gasteiger partial charge in [0.25, 0.3) is 0 Å². The van der Waals surface area contributed by atoms with Crippen molar-refractivity contribution in [3.05, 3.63) is 28.8 Å². The van der Waals surface area contributed by atoms with Crippen molar-refractivity contribution in [3.8, 4) is 5.75 Å². The fraction of sp³-hybridized carbons (Fsp3) is 0.364. The zero-order chi connectivity index (χ0) is 11.1. The molecular formula is C11H11ClO3. The van der Waals surface area contributed by atoms with E-state index in [0.29, 0.717) is 29.2 Å². The number of halogens is 1. The van der Waals surface area contributed by atoms with Gasteiger partial charge in [0.15, 0.2) is 0 Å². The quantitative estimate of drug-likeness (QED) is 0.861. The highest BCUT2D eigenvalue weighted by atomic mass is 35.5. The molecule has 1 N–H and O–H groups in total. The molecule has 2 rings (SSSR count). The van der Waals surface area contributed by atoms with Crippen molar-refractivity contribution in [2.24, 2.45) is 0 Å². The van der Waals surface area contributed by atoms with Crippen LogP contribution in [0.5, 0.6) is 5.75 Å². The summed E-state index contributed by atoms with van der Waals surface area (Å²) in [6.45, 7) is 0. The number of ether oxygens (including phenoxy) is 1. The monoisotopic (exact) mass is 226 g/mol. The topological polar surface area (TPSA) is 46.5 Å². The van der Waals surface area contributed by atoms with Crippen molar-refractivity contribution in [2.45, 2.75) is 18.3 Å². The third kappa shape index (κ3) is 1.57. The van der Waals surface area contributed by atoms with Crippen molar-refractivity contribution in [2.75, 3.05) is 7.11 Å². The van der Waals surface area contributed by atoms with Gasteiger partial charge in [0.05, 0.1) is 12.5 Å². The van der Waals surface area contributed by atoms with Crippen molar-refractivity contribution >= 4 is 17.6 Å². The lowest BCUT2D eigenvalue weighted by atomic mass is 9.96. The van der Waals surface area contributed by atoms with E-state index >= 15 is 0 Å². The average molecular weight is 227 g/mol. The molecule has 0 radical (unpaired) electrons. The third-order valence-corrected chi connectivity index (χ3v) is 3.16. The summed E-state index contributed by atoms with van der Waals surface area (Å²) < 4.78 is 5.01. The number of rotatable bonds is 3. The van der Waals surface area contributed by atoms with E-state index < -0.39 is 11.4 Å². The second kappa shape index (κ2) is 3.42. The summed E-state index contributed by atoms with van der Waals surface area (Å²) in [5.74, 6) is -0.153. The van der Waals surface area contributed by atoms with E-state index in [9.17, 15) is 4.79 Å². The van der Waals surface area contributed by atoms with E-state index in [-0.39, 0.29) is 0 Å². The van der Waals surface area contributed by atoms with Gasteiger partial charge in [-0.15, -0.1) is 0 Å². The molecule has 0 spiro atoms. The molecule has 1 aliphatic rings. The molecule has 1 fully saturated rings. The van der Waals surface area contributed by atoms with Crippen molar-refractivity contribution in [1.29, 1.82) is 0 Å². The largest absolute Gasteiger partial charge is 0.497 e. The maximum Gasteiger partial charge on any atom is 0.314 e. The van der Waals surface area contributed by atoms with E-state index in [1.807, 2.05) is 0 Å². The number of benzene rings is 1. The van der Waals surface area contributed by atoms with Gasteiger partial charge in [-0.25, -0.2) is 0 Å². The highest BCUT2D eigenvalue weighted by molar-refractivity contribution is 6.32. The fourth-order valence-corrected chi connectivity index (χ4v) is 2.09. The molecule has 0 bridgehead atoms. The summed E-state index contributed by atoms with van der Waals surface area (Å²) in [5.41, 5.74) is -0.0546. The van der Waals surface area contributed by atoms with E-state index in [4.69, 9.17) is 21.4 Å². The number of aliphatic carboxylic acids is 1. The standard InChI is InChI=1S/C11H11ClO3/c1-15-7-2-3-8(9(12)6-7)11(4-5-11)10(13)14/h2-3,6H,4-5H2,1H3,(H,13,14). The van der Waals surface area contributed by atoms with Crippen LogP contribution in [0.3, 0.4) is 0 Å². The SMILES string of the molecule is COc1ccc(C2(C(=O)O)CC2)c(Cl)c1. The Hall–Kier alpha value is -1.22. The number of carbonyl (C=O) groups is 1. The Balaban J connectivity index is 2.42. The van der Waals surface area contributed by atoms with Crippen LogP contribution in [0.25, 0.3) is 0 Å². The lowest BCUT2D eigenvalue weighted by molar-refractivity contribution is -0.140. The van der Waals surface area contributed by atoms with Crippen molar-refractivity contribution in [3.63, 3.8) is 0 Å². The van der Waals surface area contributed by atoms with Crippen LogP contribution in [0.2, 0.25) is 5.02 Å². The van der Waals surface area contributed by atoms with Crippen LogP contribution >= 0.6 is 11.6 Å². The summed E-state index contributed by atoms with van der Waals surface area (Å²) in [5, 5.41) is 9.59. The molecule has 0 amide bonds. The van der Waals surface area contributed by atoms with Crippen molar-refractivity contribution < 1.29 is 14.6 Å². The molecule has 0 aliphatic heterocycles. The average Bonchev–Trinajstić information content (AvgIpc) is 2.98. The fourth-order valence-electron chi connectivity index (χ4n) is 1.73. The minimum Gasteiger partial charge on any atom is -0.497 e. The van der Waals surface area contributed by atoms with Gasteiger partial charge in [-0.1, -0.05) is 17.7 Å². The second-order valence-electron chi connectivity index (χ2n) is 3.73. The first-order valence-electron chi connectivity index (χ1n) is 4.67. The Labute approximate surface area is 92.6 Å². The first-order valence-corrected chi connectivity index (χ1v) is 5.05. The van der Waals surface area contributed by atoms with Gasteiger partial charge in [-0.3, -0.25) is 4.79 Å². The van der Waals surface area contributed by atoms with Gasteiger partial charge >= 0.3 is 5.97 Å². The molecule has 0 atom stereocenters. The zero-order valence-electron chi connectivity index (χ0n) is 8.29. The third-order valence-electron chi connectivity index (χ3n) is 2.85. The molecule has 1 aliphatic carbocycles. The molecule has 0 unspecified atom stereocenters. The summed E-state index contributed by atoms with van der Waals surface area (Å²) in [4.78, 5) is 11.1. The number of hydrogen-bond acceptors (Lipinski definition) is 2. The maximum absolute atomic E-state index is 11.1. The van der Waals surface area contributed by atoms with Crippen LogP contribution < -0.4 is 4.74 Å². The lowest BCUT2D eigenvalue weighted by Crippen LogP contribution is -2.19. The Morgan fingerprint density at radius 2 is 2.20 bits per heavy atom. The molecule has 3 nitrogen and oxygen atoms in total. The van der Waals surface area contributed by atoms with E-state index in [1.54, 1.807) is 25.3 Å². The minimum atomic E-state index is -0.797. The number of carboxylic acids is 1. The smallest absolute Gasteiger partial charge is 0.314 e. The van der Waals surface area contributed by atoms with Crippen LogP contribution in [0.15, 0.2) is 18.2 Å². The molecule has 1 saturated carbocycles. The summed E-state index contributed by atoms with van der Waals surface area (Å²) in [6, 6.07) is 5.13. The minimum absolute atomic E-state index is 0.467. The van der Waals surface area contributed by atoms with Gasteiger partial charge in [0.2, 0.25) is 0 Å². The van der Waals surface area contributed by atoms with E-state index in [0.717, 1.165) is 0 Å². The predicted octanol–water partition coefficient (Wildman–Crippen LogP) is 2.46.